The van der Waals surface area contributed by atoms with Crippen LogP contribution in [0.3, 0.4) is 0 Å². The van der Waals surface area contributed by atoms with E-state index in [1.165, 1.54) is 0 Å². The predicted octanol–water partition coefficient (Wildman–Crippen LogP) is 1.12. The van der Waals surface area contributed by atoms with Crippen molar-refractivity contribution in [1.82, 2.24) is 30.0 Å². The molecular formula is C22H32N6O4. The summed E-state index contributed by atoms with van der Waals surface area (Å²) < 4.78 is 5.88. The van der Waals surface area contributed by atoms with Crippen molar-refractivity contribution < 1.29 is 19.4 Å². The zero-order chi connectivity index (χ0) is 23.1. The average molecular weight is 445 g/mol. The maximum atomic E-state index is 13.1. The molecule has 0 saturated carbocycles. The second kappa shape index (κ2) is 11.1. The minimum atomic E-state index is -0.250. The highest BCUT2D eigenvalue weighted by Gasteiger charge is 2.35. The van der Waals surface area contributed by atoms with Gasteiger partial charge < -0.3 is 14.7 Å². The summed E-state index contributed by atoms with van der Waals surface area (Å²) in [6.45, 7) is 10.3. The summed E-state index contributed by atoms with van der Waals surface area (Å²) in [7, 11) is 0. The van der Waals surface area contributed by atoms with Gasteiger partial charge in [0.15, 0.2) is 0 Å². The molecule has 2 aromatic heterocycles. The van der Waals surface area contributed by atoms with Crippen molar-refractivity contribution in [2.24, 2.45) is 5.92 Å². The summed E-state index contributed by atoms with van der Waals surface area (Å²) in [5.41, 5.74) is 4.33. The highest BCUT2D eigenvalue weighted by Crippen LogP contribution is 2.22. The van der Waals surface area contributed by atoms with Crippen LogP contribution in [0, 0.1) is 26.7 Å². The summed E-state index contributed by atoms with van der Waals surface area (Å²) >= 11 is 0. The number of H-pyrrole nitrogens is 1. The van der Waals surface area contributed by atoms with Crippen LogP contribution in [0.4, 0.5) is 0 Å². The summed E-state index contributed by atoms with van der Waals surface area (Å²) in [6, 6.07) is 0.0865. The number of nitrogens with zero attached hydrogens (tertiary/aromatic N) is 5. The predicted molar refractivity (Wildman–Crippen MR) is 117 cm³/mol. The van der Waals surface area contributed by atoms with Gasteiger partial charge in [-0.05, 0) is 26.3 Å². The molecule has 1 amide bonds. The molecule has 4 rings (SSSR count). The summed E-state index contributed by atoms with van der Waals surface area (Å²) in [5, 5.41) is 14.2. The van der Waals surface area contributed by atoms with Gasteiger partial charge in [0.2, 0.25) is 5.91 Å². The van der Waals surface area contributed by atoms with E-state index in [-0.39, 0.29) is 18.4 Å². The molecule has 0 aromatic carbocycles. The Hall–Kier alpha value is -2.85. The zero-order valence-electron chi connectivity index (χ0n) is 19.0. The SMILES string of the molecule is Cc1ncc(CN2C[C@@H]3COC[C@H](C2)N(C(=O)CCc2n[nH]c(C)c2C)C3)cn1.O=CO. The lowest BCUT2D eigenvalue weighted by Crippen LogP contribution is -2.46. The van der Waals surface area contributed by atoms with E-state index in [2.05, 4.69) is 36.9 Å². The molecule has 2 N–H and O–H groups in total. The Morgan fingerprint density at radius 3 is 2.59 bits per heavy atom. The van der Waals surface area contributed by atoms with Gasteiger partial charge in [-0.2, -0.15) is 5.10 Å². The van der Waals surface area contributed by atoms with Crippen molar-refractivity contribution in [3.8, 4) is 0 Å². The lowest BCUT2D eigenvalue weighted by atomic mass is 10.1. The Morgan fingerprint density at radius 2 is 1.94 bits per heavy atom. The highest BCUT2D eigenvalue weighted by molar-refractivity contribution is 5.77. The van der Waals surface area contributed by atoms with Crippen LogP contribution in [-0.2, 0) is 27.3 Å². The molecule has 0 unspecified atom stereocenters. The van der Waals surface area contributed by atoms with Gasteiger partial charge in [0.1, 0.15) is 5.82 Å². The van der Waals surface area contributed by atoms with Gasteiger partial charge >= 0.3 is 0 Å². The summed E-state index contributed by atoms with van der Waals surface area (Å²) in [5.74, 6) is 1.31. The first-order valence-corrected chi connectivity index (χ1v) is 10.9. The van der Waals surface area contributed by atoms with Crippen LogP contribution in [0.25, 0.3) is 0 Å². The smallest absolute Gasteiger partial charge is 0.290 e. The van der Waals surface area contributed by atoms with Crippen molar-refractivity contribution in [2.45, 2.75) is 46.2 Å². The number of ether oxygens (including phenoxy) is 1. The van der Waals surface area contributed by atoms with Crippen LogP contribution in [0.1, 0.15) is 34.8 Å². The Labute approximate surface area is 188 Å². The van der Waals surface area contributed by atoms with Gasteiger partial charge in [0.05, 0.1) is 24.9 Å². The lowest BCUT2D eigenvalue weighted by Gasteiger charge is -2.31. The maximum absolute atomic E-state index is 13.1. The molecule has 2 bridgehead atoms. The molecule has 2 aromatic rings. The molecule has 10 nitrogen and oxygen atoms in total. The summed E-state index contributed by atoms with van der Waals surface area (Å²) in [6.07, 6.45) is 4.96. The maximum Gasteiger partial charge on any atom is 0.290 e. The number of aromatic nitrogens is 4. The van der Waals surface area contributed by atoms with Crippen LogP contribution >= 0.6 is 0 Å². The van der Waals surface area contributed by atoms with E-state index >= 15 is 0 Å². The van der Waals surface area contributed by atoms with Crippen LogP contribution in [0.5, 0.6) is 0 Å². The van der Waals surface area contributed by atoms with Gasteiger partial charge in [0, 0.05) is 68.6 Å². The Kier molecular flexibility index (Phi) is 8.29. The van der Waals surface area contributed by atoms with Crippen molar-refractivity contribution >= 4 is 12.4 Å². The fraction of sp³-hybridized carbons (Fsp3) is 0.591. The fourth-order valence-electron chi connectivity index (χ4n) is 4.28. The van der Waals surface area contributed by atoms with Gasteiger partial charge in [0.25, 0.3) is 6.47 Å². The van der Waals surface area contributed by atoms with E-state index in [4.69, 9.17) is 14.6 Å². The van der Waals surface area contributed by atoms with E-state index in [0.29, 0.717) is 32.0 Å². The molecule has 0 aliphatic carbocycles. The topological polar surface area (TPSA) is 125 Å². The first-order chi connectivity index (χ1) is 15.4. The molecule has 32 heavy (non-hydrogen) atoms. The van der Waals surface area contributed by atoms with Crippen LogP contribution in [-0.4, -0.2) is 86.3 Å². The fourth-order valence-corrected chi connectivity index (χ4v) is 4.28. The number of rotatable bonds is 5. The lowest BCUT2D eigenvalue weighted by molar-refractivity contribution is -0.134. The molecule has 2 fully saturated rings. The Morgan fingerprint density at radius 1 is 1.22 bits per heavy atom. The number of aromatic amines is 1. The van der Waals surface area contributed by atoms with Gasteiger partial charge in [-0.1, -0.05) is 0 Å². The number of carbonyl (C=O) groups is 2. The third-order valence-corrected chi connectivity index (χ3v) is 6.04. The van der Waals surface area contributed by atoms with Gasteiger partial charge in [-0.15, -0.1) is 0 Å². The molecule has 174 valence electrons. The molecule has 2 atom stereocenters. The molecule has 2 aliphatic rings. The van der Waals surface area contributed by atoms with Crippen LogP contribution in [0.15, 0.2) is 12.4 Å². The second-order valence-corrected chi connectivity index (χ2v) is 8.46. The van der Waals surface area contributed by atoms with Crippen LogP contribution < -0.4 is 0 Å². The summed E-state index contributed by atoms with van der Waals surface area (Å²) in [4.78, 5) is 34.5. The van der Waals surface area contributed by atoms with Gasteiger partial charge in [-0.25, -0.2) is 9.97 Å². The molecule has 0 radical (unpaired) electrons. The highest BCUT2D eigenvalue weighted by atomic mass is 16.5. The number of carboxylic acid groups (broad SMARTS) is 1. The van der Waals surface area contributed by atoms with E-state index in [0.717, 1.165) is 54.5 Å². The quantitative estimate of drug-likeness (QED) is 0.658. The van der Waals surface area contributed by atoms with Gasteiger partial charge in [-0.3, -0.25) is 19.6 Å². The average Bonchev–Trinajstić information content (AvgIpc) is 2.91. The Bertz CT molecular complexity index is 900. The molecule has 4 heterocycles. The minimum absolute atomic E-state index is 0.0865. The largest absolute Gasteiger partial charge is 0.483 e. The molecular weight excluding hydrogens is 412 g/mol. The molecule has 2 saturated heterocycles. The van der Waals surface area contributed by atoms with Crippen molar-refractivity contribution in [2.75, 3.05) is 32.8 Å². The molecule has 0 spiro atoms. The monoisotopic (exact) mass is 444 g/mol. The van der Waals surface area contributed by atoms with Crippen molar-refractivity contribution in [3.63, 3.8) is 0 Å². The van der Waals surface area contributed by atoms with E-state index in [1.54, 1.807) is 0 Å². The number of hydrogen-bond acceptors (Lipinski definition) is 7. The van der Waals surface area contributed by atoms with E-state index in [1.807, 2.05) is 26.2 Å². The van der Waals surface area contributed by atoms with Crippen LogP contribution in [0.2, 0.25) is 0 Å². The van der Waals surface area contributed by atoms with Crippen molar-refractivity contribution in [3.05, 3.63) is 40.7 Å². The third kappa shape index (κ3) is 6.10. The number of fused-ring (bicyclic) bond motifs is 3. The van der Waals surface area contributed by atoms with E-state index < -0.39 is 0 Å². The normalized spacial score (nSPS) is 20.8. The standard InChI is InChI=1S/C21H30N6O2.CH2O2/c1-14-15(2)24-25-20(14)4-5-21(28)27-10-18-9-26(11-19(27)13-29-12-18)8-17-6-22-16(3)23-7-17;2-1-3/h6-7,18-19H,4-5,8-13H2,1-3H3,(H,24,25);1H,(H,2,3)/t18-,19-;/m0./s1. The van der Waals surface area contributed by atoms with Crippen molar-refractivity contribution in [1.29, 1.82) is 0 Å². The number of aryl methyl sites for hydroxylation is 3. The minimum Gasteiger partial charge on any atom is -0.483 e. The molecule has 2 aliphatic heterocycles. The first-order valence-electron chi connectivity index (χ1n) is 10.9. The first kappa shape index (κ1) is 23.8. The third-order valence-electron chi connectivity index (χ3n) is 6.04. The Balaban J connectivity index is 0.000000913. The number of hydrogen-bond donors (Lipinski definition) is 2. The second-order valence-electron chi connectivity index (χ2n) is 8.46. The number of amides is 1. The number of nitrogens with one attached hydrogen (secondary N) is 1. The molecule has 10 heteroatoms. The van der Waals surface area contributed by atoms with E-state index in [9.17, 15) is 4.79 Å². The zero-order valence-corrected chi connectivity index (χ0v) is 19.0. The number of carbonyl (C=O) groups excluding carboxylic acids is 1.